The highest BCUT2D eigenvalue weighted by molar-refractivity contribution is 5.81. The molecule has 0 amide bonds. The first-order valence-corrected chi connectivity index (χ1v) is 22.4. The van der Waals surface area contributed by atoms with Crippen molar-refractivity contribution in [3.05, 3.63) is 82.1 Å². The zero-order valence-electron chi connectivity index (χ0n) is 37.7. The van der Waals surface area contributed by atoms with E-state index in [1.165, 1.54) is 6.08 Å². The van der Waals surface area contributed by atoms with Gasteiger partial charge in [0.25, 0.3) is 0 Å². The van der Waals surface area contributed by atoms with Crippen molar-refractivity contribution in [2.45, 2.75) is 136 Å². The molecule has 3 rings (SSSR count). The number of methoxy groups -OCH3 is 1. The van der Waals surface area contributed by atoms with E-state index in [4.69, 9.17) is 39.0 Å². The molecule has 0 aromatic rings. The van der Waals surface area contributed by atoms with Gasteiger partial charge >= 0.3 is 11.9 Å². The van der Waals surface area contributed by atoms with Crippen LogP contribution in [0.3, 0.4) is 0 Å². The highest BCUT2D eigenvalue weighted by Crippen LogP contribution is 2.32. The lowest BCUT2D eigenvalue weighted by atomic mass is 9.88. The second-order valence-corrected chi connectivity index (χ2v) is 15.8. The van der Waals surface area contributed by atoms with E-state index in [-0.39, 0.29) is 43.0 Å². The fraction of sp³-hybridized carbons (Fsp3) is 0.674. The van der Waals surface area contributed by atoms with Gasteiger partial charge in [0, 0.05) is 49.4 Å². The molecule has 0 aromatic carbocycles. The first-order valence-electron chi connectivity index (χ1n) is 22.4. The van der Waals surface area contributed by atoms with E-state index in [0.29, 0.717) is 67.5 Å². The number of nitriles is 1. The molecule has 3 aliphatic carbocycles. The van der Waals surface area contributed by atoms with E-state index in [1.54, 1.807) is 20.1 Å². The molecule has 8 unspecified atom stereocenters. The van der Waals surface area contributed by atoms with Crippen molar-refractivity contribution in [1.82, 2.24) is 4.90 Å². The van der Waals surface area contributed by atoms with Gasteiger partial charge in [0.15, 0.2) is 0 Å². The molecule has 342 valence electrons. The maximum absolute atomic E-state index is 11.9. The summed E-state index contributed by atoms with van der Waals surface area (Å²) in [6.07, 6.45) is 20.2. The molecule has 0 N–H and O–H groups in total. The van der Waals surface area contributed by atoms with Crippen LogP contribution in [0.4, 0.5) is 0 Å². The lowest BCUT2D eigenvalue weighted by Crippen LogP contribution is -2.40. The number of hydrogen-bond donors (Lipinski definition) is 0. The minimum absolute atomic E-state index is 0.0563. The maximum atomic E-state index is 11.9. The summed E-state index contributed by atoms with van der Waals surface area (Å²) >= 11 is 0. The molecule has 62 heavy (non-hydrogen) atoms. The van der Waals surface area contributed by atoms with Gasteiger partial charge in [-0.3, -0.25) is 19.8 Å². The summed E-state index contributed by atoms with van der Waals surface area (Å²) in [4.78, 5) is 36.8. The van der Waals surface area contributed by atoms with E-state index in [9.17, 15) is 25.0 Å². The Morgan fingerprint density at radius 3 is 2.26 bits per heavy atom. The Kier molecular flexibility index (Phi) is 23.7. The number of azo groups is 2. The summed E-state index contributed by atoms with van der Waals surface area (Å²) in [7, 11) is 1.58. The molecule has 0 saturated carbocycles. The van der Waals surface area contributed by atoms with Gasteiger partial charge in [0.1, 0.15) is 54.3 Å². The third-order valence-corrected chi connectivity index (χ3v) is 11.4. The number of carbonyl (C=O) groups is 2. The summed E-state index contributed by atoms with van der Waals surface area (Å²) in [5.41, 5.74) is 0.981. The molecule has 0 heterocycles. The minimum Gasteiger partial charge on any atom is -0.499 e. The second-order valence-electron chi connectivity index (χ2n) is 15.8. The number of esters is 2. The van der Waals surface area contributed by atoms with Gasteiger partial charge in [0.2, 0.25) is 6.04 Å². The smallest absolute Gasteiger partial charge is 0.330 e. The van der Waals surface area contributed by atoms with Crippen LogP contribution in [0, 0.1) is 39.2 Å². The van der Waals surface area contributed by atoms with Crippen LogP contribution in [-0.4, -0.2) is 98.7 Å². The SMILES string of the molecule is C=CC(=O)OCCN(CCOC(=O)CC)C1C=CC(N=NC2=CC(OCC(CC)CCCC)C(N=NC3C=CC([N+](=O)[O-])CC3C#N)C=C2OCC(CC)CCCC)=C(OC)C1. The van der Waals surface area contributed by atoms with E-state index in [0.717, 1.165) is 57.4 Å². The molecule has 16 nitrogen and oxygen atoms in total. The highest BCUT2D eigenvalue weighted by atomic mass is 16.6. The van der Waals surface area contributed by atoms with Gasteiger partial charge < -0.3 is 23.7 Å². The topological polar surface area (TPSA) is 200 Å². The Morgan fingerprint density at radius 1 is 0.968 bits per heavy atom. The maximum Gasteiger partial charge on any atom is 0.330 e. The van der Waals surface area contributed by atoms with Gasteiger partial charge in [-0.1, -0.05) is 91.9 Å². The van der Waals surface area contributed by atoms with Crippen molar-refractivity contribution in [1.29, 1.82) is 5.26 Å². The summed E-state index contributed by atoms with van der Waals surface area (Å²) < 4.78 is 29.7. The first kappa shape index (κ1) is 51.3. The van der Waals surface area contributed by atoms with Crippen molar-refractivity contribution < 1.29 is 38.2 Å². The number of hydrogen-bond acceptors (Lipinski definition) is 15. The van der Waals surface area contributed by atoms with Crippen LogP contribution in [-0.2, 0) is 33.3 Å². The van der Waals surface area contributed by atoms with E-state index in [1.807, 2.05) is 29.2 Å². The van der Waals surface area contributed by atoms with Crippen LogP contribution in [0.1, 0.15) is 105 Å². The molecule has 0 aromatic heterocycles. The van der Waals surface area contributed by atoms with Gasteiger partial charge in [0.05, 0.1) is 32.3 Å². The molecule has 3 aliphatic rings. The third-order valence-electron chi connectivity index (χ3n) is 11.4. The normalized spacial score (nSPS) is 23.5. The summed E-state index contributed by atoms with van der Waals surface area (Å²) in [6.45, 7) is 15.9. The van der Waals surface area contributed by atoms with Crippen molar-refractivity contribution in [2.24, 2.45) is 38.2 Å². The average Bonchev–Trinajstić information content (AvgIpc) is 3.29. The van der Waals surface area contributed by atoms with E-state index < -0.39 is 36.1 Å². The minimum atomic E-state index is -0.940. The lowest BCUT2D eigenvalue weighted by Gasteiger charge is -2.31. The molecule has 0 saturated heterocycles. The molecule has 0 bridgehead atoms. The number of nitrogens with zero attached hydrogens (tertiary/aromatic N) is 7. The molecule has 8 atom stereocenters. The lowest BCUT2D eigenvalue weighted by molar-refractivity contribution is -0.511. The first-order chi connectivity index (χ1) is 30.0. The standard InChI is InChI=1S/C46H69N7O9/c1-8-14-16-33(10-3)31-61-43-29-41(51-49-39-21-18-36(27-42(39)58-7)52(22-24-59-45(54)12-5)23-25-60-46(55)13-6)44(62-32-34(11-4)17-15-9-2)28-40(43)50-48-38-20-19-37(53(56)57)26-35(38)30-47/h12,18-21,28-29,33-38,40,43H,5,8-11,13-17,22-27,31-32H2,1-4,6-7H3. The third kappa shape index (κ3) is 17.0. The summed E-state index contributed by atoms with van der Waals surface area (Å²) in [5, 5.41) is 40.1. The van der Waals surface area contributed by atoms with Crippen molar-refractivity contribution in [3.8, 4) is 6.07 Å². The average molecular weight is 864 g/mol. The Labute approximate surface area is 368 Å². The zero-order valence-corrected chi connectivity index (χ0v) is 37.7. The number of carbonyl (C=O) groups excluding carboxylic acids is 2. The number of rotatable bonds is 29. The quantitative estimate of drug-likeness (QED) is 0.0173. The molecular weight excluding hydrogens is 795 g/mol. The Balaban J connectivity index is 2.00. The fourth-order valence-corrected chi connectivity index (χ4v) is 7.22. The summed E-state index contributed by atoms with van der Waals surface area (Å²) in [6, 6.07) is -0.194. The number of nitro groups is 1. The summed E-state index contributed by atoms with van der Waals surface area (Å²) in [5.74, 6) is 0.204. The Morgan fingerprint density at radius 2 is 1.65 bits per heavy atom. The van der Waals surface area contributed by atoms with Crippen LogP contribution in [0.2, 0.25) is 0 Å². The highest BCUT2D eigenvalue weighted by Gasteiger charge is 2.34. The molecule has 0 radical (unpaired) electrons. The van der Waals surface area contributed by atoms with Gasteiger partial charge in [-0.05, 0) is 49.0 Å². The van der Waals surface area contributed by atoms with Gasteiger partial charge in [-0.2, -0.15) is 15.5 Å². The predicted octanol–water partition coefficient (Wildman–Crippen LogP) is 9.16. The fourth-order valence-electron chi connectivity index (χ4n) is 7.22. The molecule has 0 fully saturated rings. The van der Waals surface area contributed by atoms with Crippen LogP contribution in [0.15, 0.2) is 92.5 Å². The molecule has 0 spiro atoms. The predicted molar refractivity (Wildman–Crippen MR) is 235 cm³/mol. The zero-order chi connectivity index (χ0) is 45.3. The number of allylic oxidation sites excluding steroid dienone is 1. The van der Waals surface area contributed by atoms with Gasteiger partial charge in [-0.15, -0.1) is 10.2 Å². The molecular formula is C46H69N7O9. The monoisotopic (exact) mass is 864 g/mol. The van der Waals surface area contributed by atoms with Gasteiger partial charge in [-0.25, -0.2) is 4.79 Å². The number of ether oxygens (including phenoxy) is 5. The van der Waals surface area contributed by atoms with Crippen LogP contribution in [0.5, 0.6) is 0 Å². The van der Waals surface area contributed by atoms with E-state index >= 15 is 0 Å². The molecule has 16 heteroatoms. The van der Waals surface area contributed by atoms with Crippen LogP contribution < -0.4 is 0 Å². The van der Waals surface area contributed by atoms with Crippen molar-refractivity contribution >= 4 is 11.9 Å². The second kappa shape index (κ2) is 28.6. The Hall–Kier alpha value is -5.01. The van der Waals surface area contributed by atoms with Crippen molar-refractivity contribution in [3.63, 3.8) is 0 Å². The largest absolute Gasteiger partial charge is 0.499 e. The van der Waals surface area contributed by atoms with Crippen LogP contribution >= 0.6 is 0 Å². The van der Waals surface area contributed by atoms with E-state index in [2.05, 4.69) is 45.5 Å². The van der Waals surface area contributed by atoms with Crippen molar-refractivity contribution in [2.75, 3.05) is 46.6 Å². The number of unbranched alkanes of at least 4 members (excludes halogenated alkanes) is 2. The van der Waals surface area contributed by atoms with Crippen LogP contribution in [0.25, 0.3) is 0 Å². The molecule has 0 aliphatic heterocycles. The Bertz CT molecular complexity index is 1720.